The van der Waals surface area contributed by atoms with E-state index in [1.807, 2.05) is 18.2 Å². The molecule has 3 aromatic rings. The molecule has 8 nitrogen and oxygen atoms in total. The Morgan fingerprint density at radius 3 is 2.55 bits per heavy atom. The standard InChI is InChI=1S/C22H25N5O3S/c1-13(28)25-14-3-5-15(6-4-14)26-22-27-18-8-7-16(12-20(18)31-22)30-17-9-10-24-19(11-17)21(29)23-2/h7-12,14-15H,3-6H2,1-2H3,(H,23,29)(H,25,28)(H,26,27)/t14-,15-. The molecule has 0 atom stereocenters. The van der Waals surface area contributed by atoms with Gasteiger partial charge in [-0.3, -0.25) is 14.6 Å². The van der Waals surface area contributed by atoms with E-state index in [-0.39, 0.29) is 17.9 Å². The number of pyridine rings is 1. The smallest absolute Gasteiger partial charge is 0.269 e. The minimum Gasteiger partial charge on any atom is -0.457 e. The van der Waals surface area contributed by atoms with Crippen molar-refractivity contribution in [2.75, 3.05) is 12.4 Å². The first-order valence-electron chi connectivity index (χ1n) is 10.3. The molecule has 0 radical (unpaired) electrons. The summed E-state index contributed by atoms with van der Waals surface area (Å²) in [6, 6.07) is 9.72. The minimum absolute atomic E-state index is 0.0391. The van der Waals surface area contributed by atoms with Crippen molar-refractivity contribution in [2.24, 2.45) is 0 Å². The molecule has 2 amide bonds. The molecule has 1 saturated carbocycles. The molecule has 9 heteroatoms. The van der Waals surface area contributed by atoms with E-state index in [1.54, 1.807) is 43.6 Å². The summed E-state index contributed by atoms with van der Waals surface area (Å²) in [4.78, 5) is 31.7. The van der Waals surface area contributed by atoms with Gasteiger partial charge in [-0.15, -0.1) is 0 Å². The van der Waals surface area contributed by atoms with Gasteiger partial charge in [0.05, 0.1) is 10.2 Å². The summed E-state index contributed by atoms with van der Waals surface area (Å²) >= 11 is 1.59. The van der Waals surface area contributed by atoms with E-state index in [9.17, 15) is 9.59 Å². The summed E-state index contributed by atoms with van der Waals surface area (Å²) in [5, 5.41) is 9.99. The maximum atomic E-state index is 11.8. The van der Waals surface area contributed by atoms with Crippen LogP contribution in [0.2, 0.25) is 0 Å². The van der Waals surface area contributed by atoms with Gasteiger partial charge >= 0.3 is 0 Å². The van der Waals surface area contributed by atoms with Gasteiger partial charge in [-0.25, -0.2) is 4.98 Å². The molecule has 0 spiro atoms. The predicted octanol–water partition coefficient (Wildman–Crippen LogP) is 3.70. The Hall–Kier alpha value is -3.20. The van der Waals surface area contributed by atoms with Crippen LogP contribution >= 0.6 is 11.3 Å². The van der Waals surface area contributed by atoms with Crippen molar-refractivity contribution in [3.05, 3.63) is 42.2 Å². The van der Waals surface area contributed by atoms with Gasteiger partial charge in [0, 0.05) is 44.4 Å². The molecule has 162 valence electrons. The number of benzene rings is 1. The second-order valence-electron chi connectivity index (χ2n) is 7.60. The molecule has 3 N–H and O–H groups in total. The number of hydrogen-bond donors (Lipinski definition) is 3. The molecule has 0 bridgehead atoms. The number of carbonyl (C=O) groups excluding carboxylic acids is 2. The highest BCUT2D eigenvalue weighted by Crippen LogP contribution is 2.33. The van der Waals surface area contributed by atoms with E-state index in [0.29, 0.717) is 23.2 Å². The number of amides is 2. The van der Waals surface area contributed by atoms with Gasteiger partial charge in [0.15, 0.2) is 5.13 Å². The van der Waals surface area contributed by atoms with E-state index in [0.717, 1.165) is 41.0 Å². The lowest BCUT2D eigenvalue weighted by atomic mass is 9.91. The topological polar surface area (TPSA) is 105 Å². The largest absolute Gasteiger partial charge is 0.457 e. The van der Waals surface area contributed by atoms with E-state index in [4.69, 9.17) is 4.74 Å². The van der Waals surface area contributed by atoms with Crippen LogP contribution < -0.4 is 20.7 Å². The first-order valence-corrected chi connectivity index (χ1v) is 11.1. The highest BCUT2D eigenvalue weighted by Gasteiger charge is 2.22. The van der Waals surface area contributed by atoms with Crippen LogP contribution in [0.5, 0.6) is 11.5 Å². The molecular weight excluding hydrogens is 414 g/mol. The number of thiazole rings is 1. The van der Waals surface area contributed by atoms with Crippen LogP contribution in [0.25, 0.3) is 10.2 Å². The molecule has 0 aliphatic heterocycles. The van der Waals surface area contributed by atoms with E-state index in [1.165, 1.54) is 0 Å². The fourth-order valence-corrected chi connectivity index (χ4v) is 4.71. The van der Waals surface area contributed by atoms with Crippen LogP contribution in [0.15, 0.2) is 36.5 Å². The van der Waals surface area contributed by atoms with Gasteiger partial charge in [0.25, 0.3) is 5.91 Å². The zero-order chi connectivity index (χ0) is 21.8. The third-order valence-corrected chi connectivity index (χ3v) is 6.20. The lowest BCUT2D eigenvalue weighted by Crippen LogP contribution is -2.39. The summed E-state index contributed by atoms with van der Waals surface area (Å²) in [6.07, 6.45) is 5.51. The first-order chi connectivity index (χ1) is 15.0. The van der Waals surface area contributed by atoms with Gasteiger partial charge in [0.2, 0.25) is 5.91 Å². The number of ether oxygens (including phenoxy) is 1. The highest BCUT2D eigenvalue weighted by molar-refractivity contribution is 7.22. The minimum atomic E-state index is -0.259. The summed E-state index contributed by atoms with van der Waals surface area (Å²) in [6.45, 7) is 1.57. The van der Waals surface area contributed by atoms with Crippen molar-refractivity contribution >= 4 is 38.5 Å². The maximum Gasteiger partial charge on any atom is 0.269 e. The maximum absolute atomic E-state index is 11.8. The zero-order valence-corrected chi connectivity index (χ0v) is 18.3. The van der Waals surface area contributed by atoms with Crippen molar-refractivity contribution in [3.63, 3.8) is 0 Å². The van der Waals surface area contributed by atoms with Crippen LogP contribution in [0.4, 0.5) is 5.13 Å². The van der Waals surface area contributed by atoms with Crippen LogP contribution in [0.1, 0.15) is 43.1 Å². The van der Waals surface area contributed by atoms with Gasteiger partial charge in [-0.2, -0.15) is 0 Å². The molecule has 1 aromatic carbocycles. The average molecular weight is 440 g/mol. The second-order valence-corrected chi connectivity index (χ2v) is 8.63. The van der Waals surface area contributed by atoms with Crippen LogP contribution in [-0.4, -0.2) is 40.9 Å². The van der Waals surface area contributed by atoms with Crippen LogP contribution in [0, 0.1) is 0 Å². The Kier molecular flexibility index (Phi) is 6.31. The third kappa shape index (κ3) is 5.29. The summed E-state index contributed by atoms with van der Waals surface area (Å²) in [7, 11) is 1.57. The quantitative estimate of drug-likeness (QED) is 0.541. The van der Waals surface area contributed by atoms with Crippen LogP contribution in [0.3, 0.4) is 0 Å². The average Bonchev–Trinajstić information content (AvgIpc) is 3.16. The monoisotopic (exact) mass is 439 g/mol. The first kappa shape index (κ1) is 21.0. The van der Waals surface area contributed by atoms with Crippen molar-refractivity contribution in [3.8, 4) is 11.5 Å². The van der Waals surface area contributed by atoms with E-state index < -0.39 is 0 Å². The van der Waals surface area contributed by atoms with Crippen molar-refractivity contribution in [1.82, 2.24) is 20.6 Å². The summed E-state index contributed by atoms with van der Waals surface area (Å²) in [5.41, 5.74) is 1.21. The number of carbonyl (C=O) groups is 2. The fraction of sp³-hybridized carbons (Fsp3) is 0.364. The van der Waals surface area contributed by atoms with Crippen LogP contribution in [-0.2, 0) is 4.79 Å². The predicted molar refractivity (Wildman–Crippen MR) is 121 cm³/mol. The Balaban J connectivity index is 1.41. The third-order valence-electron chi connectivity index (χ3n) is 5.25. The SMILES string of the molecule is CNC(=O)c1cc(Oc2ccc3nc(N[C@H]4CC[C@H](NC(C)=O)CC4)sc3c2)ccn1. The van der Waals surface area contributed by atoms with Gasteiger partial charge < -0.3 is 20.7 Å². The molecule has 1 aliphatic rings. The molecule has 0 unspecified atom stereocenters. The van der Waals surface area contributed by atoms with Crippen molar-refractivity contribution in [2.45, 2.75) is 44.7 Å². The molecule has 2 heterocycles. The molecule has 1 fully saturated rings. The number of anilines is 1. The molecular formula is C22H25N5O3S. The number of nitrogens with zero attached hydrogens (tertiary/aromatic N) is 2. The summed E-state index contributed by atoms with van der Waals surface area (Å²) in [5.74, 6) is 1.00. The Labute approximate surface area is 184 Å². The Morgan fingerprint density at radius 2 is 1.81 bits per heavy atom. The van der Waals surface area contributed by atoms with Gasteiger partial charge in [-0.05, 0) is 43.9 Å². The van der Waals surface area contributed by atoms with Gasteiger partial charge in [-0.1, -0.05) is 11.3 Å². The number of hydrogen-bond acceptors (Lipinski definition) is 7. The van der Waals surface area contributed by atoms with Crippen molar-refractivity contribution < 1.29 is 14.3 Å². The van der Waals surface area contributed by atoms with E-state index >= 15 is 0 Å². The number of fused-ring (bicyclic) bond motifs is 1. The van der Waals surface area contributed by atoms with E-state index in [2.05, 4.69) is 25.9 Å². The zero-order valence-electron chi connectivity index (χ0n) is 17.5. The number of nitrogens with one attached hydrogen (secondary N) is 3. The fourth-order valence-electron chi connectivity index (χ4n) is 3.74. The molecule has 1 aliphatic carbocycles. The lowest BCUT2D eigenvalue weighted by Gasteiger charge is -2.29. The number of rotatable bonds is 6. The molecule has 2 aromatic heterocycles. The summed E-state index contributed by atoms with van der Waals surface area (Å²) < 4.78 is 6.95. The van der Waals surface area contributed by atoms with Crippen molar-refractivity contribution in [1.29, 1.82) is 0 Å². The lowest BCUT2D eigenvalue weighted by molar-refractivity contribution is -0.119. The molecule has 4 rings (SSSR count). The second kappa shape index (κ2) is 9.30. The molecule has 0 saturated heterocycles. The number of aromatic nitrogens is 2. The Morgan fingerprint density at radius 1 is 1.06 bits per heavy atom. The normalized spacial score (nSPS) is 18.4. The Bertz CT molecular complexity index is 1090. The molecule has 31 heavy (non-hydrogen) atoms. The van der Waals surface area contributed by atoms with Gasteiger partial charge in [0.1, 0.15) is 17.2 Å². The highest BCUT2D eigenvalue weighted by atomic mass is 32.1.